The second kappa shape index (κ2) is 3.06. The van der Waals surface area contributed by atoms with Gasteiger partial charge >= 0.3 is 0 Å². The summed E-state index contributed by atoms with van der Waals surface area (Å²) in [4.78, 5) is 6.31. The molecule has 1 heterocycles. The largest absolute Gasteiger partial charge is 0.481 e. The Labute approximate surface area is 73.4 Å². The molecule has 0 saturated heterocycles. The number of halogens is 1. The van der Waals surface area contributed by atoms with Crippen LogP contribution in [0.15, 0.2) is 0 Å². The smallest absolute Gasteiger partial charge is 0.219 e. The van der Waals surface area contributed by atoms with Gasteiger partial charge in [0.05, 0.1) is 7.11 Å². The number of ether oxygens (including phenoxy) is 1. The van der Waals surface area contributed by atoms with Gasteiger partial charge < -0.3 is 10.5 Å². The summed E-state index contributed by atoms with van der Waals surface area (Å²) < 4.78 is 5.08. The molecule has 60 valence electrons. The van der Waals surface area contributed by atoms with Crippen molar-refractivity contribution in [2.75, 3.05) is 12.8 Å². The number of methoxy groups -OCH3 is 1. The summed E-state index contributed by atoms with van der Waals surface area (Å²) in [5.41, 5.74) is 5.78. The summed E-state index contributed by atoms with van der Waals surface area (Å²) in [6.45, 7) is 0. The molecule has 0 aromatic carbocycles. The number of hydrogen-bond acceptors (Lipinski definition) is 4. The maximum absolute atomic E-state index is 5.53. The van der Waals surface area contributed by atoms with Crippen LogP contribution in [0.2, 0.25) is 5.28 Å². The van der Waals surface area contributed by atoms with Crippen molar-refractivity contribution in [2.45, 2.75) is 0 Å². The Bertz CT molecular complexity index is 324. The van der Waals surface area contributed by atoms with E-state index < -0.39 is 0 Å². The van der Waals surface area contributed by atoms with Gasteiger partial charge in [0, 0.05) is 0 Å². The molecule has 0 aliphatic carbocycles. The first-order chi connectivity index (χ1) is 5.15. The van der Waals surface area contributed by atoms with Crippen LogP contribution in [0.5, 0.6) is 5.88 Å². The molecule has 0 fully saturated rings. The third-order valence-corrected chi connectivity index (χ3v) is 1.59. The number of nitrogens with one attached hydrogen (secondary N) is 1. The number of aromatic nitrogens is 2. The van der Waals surface area contributed by atoms with Crippen molar-refractivity contribution in [1.82, 2.24) is 9.97 Å². The Hall–Kier alpha value is -0.810. The number of hydrogen-bond donors (Lipinski definition) is 2. The molecule has 6 heteroatoms. The van der Waals surface area contributed by atoms with E-state index in [-0.39, 0.29) is 9.92 Å². The molecule has 0 radical (unpaired) electrons. The number of nitrogens with zero attached hydrogens (tertiary/aromatic N) is 1. The van der Waals surface area contributed by atoms with Crippen LogP contribution in [0.1, 0.15) is 0 Å². The fraction of sp³-hybridized carbons (Fsp3) is 0.200. The lowest BCUT2D eigenvalue weighted by molar-refractivity contribution is 0.399. The number of H-pyrrole nitrogens is 1. The molecule has 0 bridgehead atoms. The summed E-state index contributed by atoms with van der Waals surface area (Å²) >= 11 is 10.3. The monoisotopic (exact) mass is 191 g/mol. The Morgan fingerprint density at radius 2 is 2.36 bits per heavy atom. The molecule has 0 atom stereocenters. The van der Waals surface area contributed by atoms with Crippen molar-refractivity contribution >= 4 is 29.5 Å². The maximum Gasteiger partial charge on any atom is 0.219 e. The van der Waals surface area contributed by atoms with E-state index in [1.807, 2.05) is 0 Å². The van der Waals surface area contributed by atoms with E-state index in [1.54, 1.807) is 0 Å². The standard InChI is InChI=1S/C5H6ClN3OS/c1-10-3-2(7)4(11)9-5(6)8-3/h7H2,1H3,(H,8,9,11). The van der Waals surface area contributed by atoms with Gasteiger partial charge in [0.25, 0.3) is 0 Å². The van der Waals surface area contributed by atoms with Gasteiger partial charge in [-0.3, -0.25) is 4.98 Å². The highest BCUT2D eigenvalue weighted by atomic mass is 35.5. The molecule has 0 aliphatic rings. The third kappa shape index (κ3) is 1.61. The van der Waals surface area contributed by atoms with Crippen molar-refractivity contribution < 1.29 is 4.74 Å². The minimum absolute atomic E-state index is 0.168. The molecule has 0 saturated carbocycles. The van der Waals surface area contributed by atoms with Crippen LogP contribution in [0.3, 0.4) is 0 Å². The highest BCUT2D eigenvalue weighted by Crippen LogP contribution is 2.19. The first-order valence-corrected chi connectivity index (χ1v) is 3.53. The van der Waals surface area contributed by atoms with Crippen LogP contribution >= 0.6 is 23.8 Å². The lowest BCUT2D eigenvalue weighted by atomic mass is 10.5. The van der Waals surface area contributed by atoms with Crippen molar-refractivity contribution in [3.05, 3.63) is 9.92 Å². The highest BCUT2D eigenvalue weighted by Gasteiger charge is 2.02. The zero-order valence-electron chi connectivity index (χ0n) is 5.72. The minimum Gasteiger partial charge on any atom is -0.481 e. The molecule has 11 heavy (non-hydrogen) atoms. The molecule has 4 nitrogen and oxygen atoms in total. The molecular formula is C5H6ClN3OS. The summed E-state index contributed by atoms with van der Waals surface area (Å²) in [5, 5.41) is 0.168. The van der Waals surface area contributed by atoms with Crippen LogP contribution in [-0.4, -0.2) is 17.1 Å². The first kappa shape index (κ1) is 8.29. The van der Waals surface area contributed by atoms with E-state index in [4.69, 9.17) is 34.3 Å². The van der Waals surface area contributed by atoms with Gasteiger partial charge in [-0.05, 0) is 11.6 Å². The summed E-state index contributed by atoms with van der Waals surface area (Å²) in [7, 11) is 1.47. The van der Waals surface area contributed by atoms with Crippen molar-refractivity contribution in [3.8, 4) is 5.88 Å². The SMILES string of the molecule is COc1[nH]c(Cl)nc(=S)c1N. The van der Waals surface area contributed by atoms with Crippen molar-refractivity contribution in [3.63, 3.8) is 0 Å². The summed E-state index contributed by atoms with van der Waals surface area (Å²) in [5.74, 6) is 0.343. The van der Waals surface area contributed by atoms with Crippen LogP contribution in [0.25, 0.3) is 0 Å². The van der Waals surface area contributed by atoms with E-state index >= 15 is 0 Å². The molecular weight excluding hydrogens is 186 g/mol. The fourth-order valence-corrected chi connectivity index (χ4v) is 1.00. The van der Waals surface area contributed by atoms with Crippen LogP contribution in [0, 0.1) is 4.64 Å². The zero-order valence-corrected chi connectivity index (χ0v) is 7.29. The molecule has 0 unspecified atom stereocenters. The van der Waals surface area contributed by atoms with Gasteiger partial charge in [-0.1, -0.05) is 12.2 Å². The van der Waals surface area contributed by atoms with E-state index in [1.165, 1.54) is 7.11 Å². The number of aromatic amines is 1. The Morgan fingerprint density at radius 3 is 2.91 bits per heavy atom. The molecule has 0 aliphatic heterocycles. The molecule has 0 amide bonds. The van der Waals surface area contributed by atoms with Crippen LogP contribution < -0.4 is 10.5 Å². The third-order valence-electron chi connectivity index (χ3n) is 1.10. The Kier molecular flexibility index (Phi) is 2.31. The van der Waals surface area contributed by atoms with Gasteiger partial charge in [-0.2, -0.15) is 0 Å². The molecule has 0 spiro atoms. The van der Waals surface area contributed by atoms with Crippen molar-refractivity contribution in [1.29, 1.82) is 0 Å². The second-order valence-corrected chi connectivity index (χ2v) is 2.52. The molecule has 3 N–H and O–H groups in total. The number of anilines is 1. The average Bonchev–Trinajstić information content (AvgIpc) is 1.96. The van der Waals surface area contributed by atoms with Gasteiger partial charge in [0.15, 0.2) is 4.64 Å². The number of nitrogens with two attached hydrogens (primary N) is 1. The zero-order chi connectivity index (χ0) is 8.43. The minimum atomic E-state index is 0.168. The van der Waals surface area contributed by atoms with E-state index in [2.05, 4.69) is 9.97 Å². The van der Waals surface area contributed by atoms with Gasteiger partial charge in [0.1, 0.15) is 5.69 Å². The first-order valence-electron chi connectivity index (χ1n) is 2.74. The predicted octanol–water partition coefficient (Wildman–Crippen LogP) is 1.38. The summed E-state index contributed by atoms with van der Waals surface area (Å²) in [6.07, 6.45) is 0. The van der Waals surface area contributed by atoms with E-state index in [0.29, 0.717) is 11.6 Å². The average molecular weight is 192 g/mol. The van der Waals surface area contributed by atoms with Gasteiger partial charge in [-0.15, -0.1) is 0 Å². The second-order valence-electron chi connectivity index (χ2n) is 1.78. The van der Waals surface area contributed by atoms with Gasteiger partial charge in [0.2, 0.25) is 11.2 Å². The van der Waals surface area contributed by atoms with Crippen LogP contribution in [0.4, 0.5) is 5.69 Å². The van der Waals surface area contributed by atoms with E-state index in [9.17, 15) is 0 Å². The predicted molar refractivity (Wildman–Crippen MR) is 45.4 cm³/mol. The molecule has 1 rings (SSSR count). The molecule has 1 aromatic rings. The van der Waals surface area contributed by atoms with Gasteiger partial charge in [-0.25, -0.2) is 4.98 Å². The molecule has 1 aromatic heterocycles. The van der Waals surface area contributed by atoms with Crippen molar-refractivity contribution in [2.24, 2.45) is 0 Å². The normalized spacial score (nSPS) is 9.64. The summed E-state index contributed by atoms with van der Waals surface area (Å²) in [6, 6.07) is 0. The number of rotatable bonds is 1. The maximum atomic E-state index is 5.53. The highest BCUT2D eigenvalue weighted by molar-refractivity contribution is 7.71. The van der Waals surface area contributed by atoms with Crippen LogP contribution in [-0.2, 0) is 0 Å². The quantitative estimate of drug-likeness (QED) is 0.520. The Balaban J connectivity index is 3.36. The van der Waals surface area contributed by atoms with E-state index in [0.717, 1.165) is 0 Å². The topological polar surface area (TPSA) is 63.9 Å². The fourth-order valence-electron chi connectivity index (χ4n) is 0.596. The Morgan fingerprint density at radius 1 is 1.73 bits per heavy atom. The lowest BCUT2D eigenvalue weighted by Crippen LogP contribution is -1.98. The number of nitrogen functional groups attached to an aromatic ring is 1. The lowest BCUT2D eigenvalue weighted by Gasteiger charge is -2.02.